The monoisotopic (exact) mass is 1350 g/mol. The molecule has 0 aliphatic rings. The smallest absolute Gasteiger partial charge is 1.00 e. The molecule has 0 rings (SSSR count). The second-order valence-corrected chi connectivity index (χ2v) is 29.4. The molecule has 3 N–H and O–H groups in total. The molecule has 0 heterocycles. The molecule has 0 saturated heterocycles. The Labute approximate surface area is 605 Å². The molecule has 0 aromatic rings. The molecule has 37 heteroatoms. The van der Waals surface area contributed by atoms with E-state index in [9.17, 15) is 84.5 Å². The first-order chi connectivity index (χ1) is 33.9. The number of carbonyl (C=O) groups excluding carboxylic acids is 6. The van der Waals surface area contributed by atoms with Gasteiger partial charge in [-0.15, -0.1) is 0 Å². The summed E-state index contributed by atoms with van der Waals surface area (Å²) in [7, 11) is -21.5. The van der Waals surface area contributed by atoms with Crippen molar-refractivity contribution in [2.45, 2.75) is 114 Å². The van der Waals surface area contributed by atoms with Gasteiger partial charge in [0.1, 0.15) is 34.1 Å². The van der Waals surface area contributed by atoms with Gasteiger partial charge in [0.25, 0.3) is 40.5 Å². The third-order valence-electron chi connectivity index (χ3n) is 9.08. The first-order valence-electron chi connectivity index (χ1n) is 21.6. The van der Waals surface area contributed by atoms with Crippen LogP contribution in [-0.2, 0) is 108 Å². The fourth-order valence-electron chi connectivity index (χ4n) is 5.30. The zero-order chi connectivity index (χ0) is 59.0. The molecule has 6 unspecified atom stereocenters. The number of esters is 6. The van der Waals surface area contributed by atoms with E-state index in [2.05, 4.69) is 43.7 Å². The van der Waals surface area contributed by atoms with Gasteiger partial charge in [0, 0.05) is 60.0 Å². The summed E-state index contributed by atoms with van der Waals surface area (Å²) in [5, 5.41) is -7.79. The number of carbonyl (C=O) groups is 6. The molecule has 0 amide bonds. The van der Waals surface area contributed by atoms with E-state index in [0.29, 0.717) is 12.0 Å². The van der Waals surface area contributed by atoms with Crippen LogP contribution in [-0.4, -0.2) is 249 Å². The van der Waals surface area contributed by atoms with E-state index >= 15 is 0 Å². The van der Waals surface area contributed by atoms with E-state index in [1.165, 1.54) is 13.8 Å². The summed E-state index contributed by atoms with van der Waals surface area (Å²) in [6, 6.07) is 0. The number of rotatable bonds is 35. The summed E-state index contributed by atoms with van der Waals surface area (Å²) < 4.78 is 192. The van der Waals surface area contributed by atoms with Gasteiger partial charge >= 0.3 is 290 Å². The summed E-state index contributed by atoms with van der Waals surface area (Å²) in [5.41, 5.74) is -1.05. The van der Waals surface area contributed by atoms with Crippen molar-refractivity contribution in [1.29, 1.82) is 0 Å². The molecular weight excluding hydrogens is 1290 g/mol. The predicted molar refractivity (Wildman–Crippen MR) is 271 cm³/mol. The topological polar surface area (TPSA) is 408 Å². The second-order valence-electron chi connectivity index (χ2n) is 16.4. The predicted octanol–water partition coefficient (Wildman–Crippen LogP) is -7.69. The van der Waals surface area contributed by atoms with Gasteiger partial charge in [-0.1, -0.05) is 32.9 Å². The third-order valence-corrected chi connectivity index (χ3v) is 15.9. The minimum absolute atomic E-state index is 0. The van der Waals surface area contributed by atoms with Gasteiger partial charge in [-0.05, 0) is 34.6 Å². The Morgan fingerprint density at radius 3 is 1.03 bits per heavy atom. The number of ether oxygens (including phenoxy) is 6. The summed E-state index contributed by atoms with van der Waals surface area (Å²) in [6.45, 7) is 25.9. The normalized spacial score (nSPS) is 13.6. The zero-order valence-corrected chi connectivity index (χ0v) is 62.4. The Bertz CT molecular complexity index is 2740. The van der Waals surface area contributed by atoms with Crippen LogP contribution in [0.1, 0.15) is 80.1 Å². The van der Waals surface area contributed by atoms with Gasteiger partial charge in [-0.3, -0.25) is 17.8 Å². The average molecular weight is 1350 g/mol. The number of hydrogen-bond acceptors (Lipinski definition) is 24. The van der Waals surface area contributed by atoms with Crippen LogP contribution in [0.15, 0.2) is 72.9 Å². The van der Waals surface area contributed by atoms with Crippen LogP contribution in [0.5, 0.6) is 0 Å². The van der Waals surface area contributed by atoms with Gasteiger partial charge in [0.2, 0.25) is 0 Å². The summed E-state index contributed by atoms with van der Waals surface area (Å²) in [6.07, 6.45) is -12.0. The molecule has 0 fully saturated rings. The second kappa shape index (κ2) is 43.7. The first kappa shape index (κ1) is 91.3. The van der Waals surface area contributed by atoms with E-state index in [0.717, 1.165) is 20.8 Å². The average Bonchev–Trinajstić information content (AvgIpc) is 3.24. The molecule has 0 spiro atoms. The van der Waals surface area contributed by atoms with E-state index in [1.807, 2.05) is 0 Å². The van der Waals surface area contributed by atoms with Crippen LogP contribution in [0.4, 0.5) is 0 Å². The van der Waals surface area contributed by atoms with Crippen molar-refractivity contribution in [1.82, 2.24) is 0 Å². The van der Waals surface area contributed by atoms with Crippen molar-refractivity contribution in [3.63, 3.8) is 0 Å². The standard InChI is InChI=1S/C35H52O22S4.C7H11O5S.Ca.K.Li.Na.Rb/c1-20(2)31(36)52-14-11-15-54-58(41,42)17-13-25(55-33(38)22(5)6)29(60(46,47)48)19-27(57-35(40)24(9)10)30(61(49,50)51)18-26(56-34(39)23(7)8)28(59(43,44)45)12-16-53-32(37)21(3)4;1-6(2)7(8)11-4-3-5-12-13(9)10;;;;;/h25-30H,1,3,5,7,9,11-19H2,2,4,6,8,10H3,(H,43,44,45)(H,46,47,48)(H,49,50,51);1,3-5H2,2H3;;;;;/q;;+2;;3*+1. The summed E-state index contributed by atoms with van der Waals surface area (Å²) in [4.78, 5) is 72.7. The minimum Gasteiger partial charge on any atom is 1.00 e. The molecule has 79 heavy (non-hydrogen) atoms. The van der Waals surface area contributed by atoms with Gasteiger partial charge in [0.05, 0.1) is 25.6 Å². The van der Waals surface area contributed by atoms with Crippen molar-refractivity contribution in [3.05, 3.63) is 72.9 Å². The van der Waals surface area contributed by atoms with Crippen LogP contribution < -0.4 is 107 Å². The van der Waals surface area contributed by atoms with Crippen molar-refractivity contribution in [2.75, 3.05) is 38.8 Å². The molecule has 424 valence electrons. The van der Waals surface area contributed by atoms with Gasteiger partial charge < -0.3 is 23.7 Å². The minimum atomic E-state index is -5.77. The van der Waals surface area contributed by atoms with Gasteiger partial charge in [-0.25, -0.2) is 24.0 Å². The summed E-state index contributed by atoms with van der Waals surface area (Å²) in [5.74, 6) is -7.70. The molecule has 6 atom stereocenters. The van der Waals surface area contributed by atoms with Crippen molar-refractivity contribution >= 4 is 163 Å². The molecule has 0 aromatic heterocycles. The fourth-order valence-corrected chi connectivity index (χ4v) is 10.4. The van der Waals surface area contributed by atoms with Crippen LogP contribution in [0, 0.1) is 0 Å². The maximum atomic E-state index is 13.1. The Morgan fingerprint density at radius 1 is 0.443 bits per heavy atom. The van der Waals surface area contributed by atoms with Crippen LogP contribution in [0.3, 0.4) is 0 Å². The van der Waals surface area contributed by atoms with Gasteiger partial charge in [0.15, 0.2) is 0 Å². The zero-order valence-electron chi connectivity index (χ0n) is 46.1. The quantitative estimate of drug-likeness (QED) is 0.0101. The molecule has 27 nitrogen and oxygen atoms in total. The number of hydrogen-bond donors (Lipinski definition) is 3. The van der Waals surface area contributed by atoms with Crippen LogP contribution in [0.25, 0.3) is 0 Å². The fraction of sp³-hybridized carbons (Fsp3) is 0.571. The molecule has 0 aliphatic heterocycles. The Hall–Kier alpha value is 1.11. The van der Waals surface area contributed by atoms with E-state index in [-0.39, 0.29) is 228 Å². The van der Waals surface area contributed by atoms with Crippen molar-refractivity contribution in [3.8, 4) is 0 Å². The largest absolute Gasteiger partial charge is 2.00 e. The maximum absolute atomic E-state index is 13.1. The molecule has 0 saturated carbocycles. The SMILES string of the molecule is C=C(C)C(=O)OCCCOS(=O)(=O)CCC(OC(=O)C(=C)C)C(CC(OC(=O)C(=C)C)C(CC(OC(=O)C(=C)C)C(CCOC(=O)C(=C)C)S(=O)(=O)O)S(=O)(=O)O)S(=O)(=O)O.C=C(C)C(=O)OCCCO[S](=O)(=O)[K].[Ca+2].[Li+].[Na+].[Rb+]. The van der Waals surface area contributed by atoms with E-state index < -0.39 is 174 Å². The molecule has 0 aromatic carbocycles. The Morgan fingerprint density at radius 2 is 0.722 bits per heavy atom. The third kappa shape index (κ3) is 42.6. The molecular formula is C42H63CaKLiNaO27RbS5+5. The van der Waals surface area contributed by atoms with Crippen molar-refractivity contribution in [2.24, 2.45) is 0 Å². The van der Waals surface area contributed by atoms with E-state index in [1.54, 1.807) is 6.92 Å². The Kier molecular flexibility index (Phi) is 50.5. The van der Waals surface area contributed by atoms with Gasteiger partial charge in [-0.2, -0.15) is 33.7 Å². The molecule has 0 radical (unpaired) electrons. The van der Waals surface area contributed by atoms with Crippen molar-refractivity contribution < 1.29 is 228 Å². The Balaban J connectivity index is -0.000000645. The van der Waals surface area contributed by atoms with Crippen LogP contribution in [0.2, 0.25) is 0 Å². The summed E-state index contributed by atoms with van der Waals surface area (Å²) >= 11 is -0.381. The molecule has 0 bridgehead atoms. The first-order valence-corrected chi connectivity index (χ1v) is 33.4. The molecule has 0 aliphatic carbocycles. The van der Waals surface area contributed by atoms with Crippen LogP contribution >= 0.6 is 0 Å². The van der Waals surface area contributed by atoms with E-state index in [4.69, 9.17) is 32.6 Å². The maximum Gasteiger partial charge on any atom is 2.00 e.